The van der Waals surface area contributed by atoms with E-state index in [1.54, 1.807) is 28.9 Å². The normalized spacial score (nSPS) is 14.4. The average Bonchev–Trinajstić information content (AvgIpc) is 3.40. The molecule has 0 saturated carbocycles. The van der Waals surface area contributed by atoms with E-state index in [4.69, 9.17) is 9.47 Å². The summed E-state index contributed by atoms with van der Waals surface area (Å²) in [6, 6.07) is 21.1. The van der Waals surface area contributed by atoms with Gasteiger partial charge in [0.15, 0.2) is 11.5 Å². The number of carbonyl (C=O) groups excluding carboxylic acids is 1. The van der Waals surface area contributed by atoms with Gasteiger partial charge in [0.05, 0.1) is 12.2 Å². The topological polar surface area (TPSA) is 90.3 Å². The van der Waals surface area contributed by atoms with Gasteiger partial charge in [0.2, 0.25) is 5.95 Å². The molecule has 3 aromatic carbocycles. The lowest BCUT2D eigenvalue weighted by molar-refractivity contribution is -0.118. The minimum absolute atomic E-state index is 0.0544. The number of aromatic nitrogens is 3. The molecule has 38 heavy (non-hydrogen) atoms. The van der Waals surface area contributed by atoms with E-state index in [1.165, 1.54) is 12.4 Å². The second-order valence-electron chi connectivity index (χ2n) is 8.78. The molecule has 0 aliphatic carbocycles. The lowest BCUT2D eigenvalue weighted by atomic mass is 9.94. The van der Waals surface area contributed by atoms with Gasteiger partial charge in [-0.2, -0.15) is 10.1 Å². The van der Waals surface area contributed by atoms with Gasteiger partial charge in [-0.15, -0.1) is 0 Å². The summed E-state index contributed by atoms with van der Waals surface area (Å²) in [5.41, 5.74) is 3.40. The standard InChI is InChI=1S/C29H28FN5O3/c1-3-37-25-15-21(13-14-24(25)38-17-22-11-7-8-12-23(22)30)27-26(19(2)34-29-32-18-33-35(27)29)28(36)31-16-20-9-5-4-6-10-20/h4-15,18,27H,3,16-17H2,1-2H3,(H,31,36)(H,32,33,34)/t27-/m0/s1. The molecule has 1 amide bonds. The molecule has 4 aromatic rings. The molecule has 9 heteroatoms. The van der Waals surface area contributed by atoms with E-state index in [-0.39, 0.29) is 18.3 Å². The monoisotopic (exact) mass is 513 g/mol. The van der Waals surface area contributed by atoms with Crippen LogP contribution in [0.4, 0.5) is 10.3 Å². The van der Waals surface area contributed by atoms with E-state index in [2.05, 4.69) is 20.7 Å². The Hall–Kier alpha value is -4.66. The maximum Gasteiger partial charge on any atom is 0.251 e. The predicted molar refractivity (Wildman–Crippen MR) is 141 cm³/mol. The lowest BCUT2D eigenvalue weighted by Gasteiger charge is -2.29. The maximum atomic E-state index is 14.1. The van der Waals surface area contributed by atoms with Crippen LogP contribution in [-0.2, 0) is 17.9 Å². The van der Waals surface area contributed by atoms with Gasteiger partial charge < -0.3 is 20.1 Å². The van der Waals surface area contributed by atoms with Gasteiger partial charge in [-0.25, -0.2) is 9.07 Å². The molecule has 1 aromatic heterocycles. The molecule has 0 saturated heterocycles. The highest BCUT2D eigenvalue weighted by molar-refractivity contribution is 5.96. The highest BCUT2D eigenvalue weighted by Gasteiger charge is 2.34. The van der Waals surface area contributed by atoms with Crippen LogP contribution in [-0.4, -0.2) is 27.3 Å². The van der Waals surface area contributed by atoms with Gasteiger partial charge >= 0.3 is 0 Å². The van der Waals surface area contributed by atoms with E-state index < -0.39 is 6.04 Å². The summed E-state index contributed by atoms with van der Waals surface area (Å²) >= 11 is 0. The van der Waals surface area contributed by atoms with Gasteiger partial charge in [-0.05, 0) is 43.2 Å². The van der Waals surface area contributed by atoms with Gasteiger partial charge in [0.25, 0.3) is 5.91 Å². The number of ether oxygens (including phenoxy) is 2. The van der Waals surface area contributed by atoms with E-state index >= 15 is 0 Å². The third-order valence-electron chi connectivity index (χ3n) is 6.26. The minimum atomic E-state index is -0.552. The molecule has 194 valence electrons. The zero-order valence-corrected chi connectivity index (χ0v) is 21.1. The molecule has 2 N–H and O–H groups in total. The number of nitrogens with zero attached hydrogens (tertiary/aromatic N) is 3. The van der Waals surface area contributed by atoms with Crippen LogP contribution in [0, 0.1) is 5.82 Å². The summed E-state index contributed by atoms with van der Waals surface area (Å²) in [7, 11) is 0. The summed E-state index contributed by atoms with van der Waals surface area (Å²) in [6.07, 6.45) is 1.45. The van der Waals surface area contributed by atoms with Crippen molar-refractivity contribution in [3.63, 3.8) is 0 Å². The van der Waals surface area contributed by atoms with Gasteiger partial charge in [-0.3, -0.25) is 4.79 Å². The Labute approximate surface area is 220 Å². The number of halogens is 1. The van der Waals surface area contributed by atoms with Crippen molar-refractivity contribution in [2.75, 3.05) is 11.9 Å². The van der Waals surface area contributed by atoms with E-state index in [1.807, 2.05) is 56.3 Å². The summed E-state index contributed by atoms with van der Waals surface area (Å²) in [5.74, 6) is 0.945. The first-order valence-corrected chi connectivity index (χ1v) is 12.4. The smallest absolute Gasteiger partial charge is 0.251 e. The molecule has 0 unspecified atom stereocenters. The number of hydrogen-bond acceptors (Lipinski definition) is 6. The Morgan fingerprint density at radius 1 is 1.05 bits per heavy atom. The van der Waals surface area contributed by atoms with Crippen molar-refractivity contribution in [2.24, 2.45) is 0 Å². The lowest BCUT2D eigenvalue weighted by Crippen LogP contribution is -2.34. The van der Waals surface area contributed by atoms with Crippen molar-refractivity contribution in [3.8, 4) is 11.5 Å². The van der Waals surface area contributed by atoms with Crippen LogP contribution in [0.3, 0.4) is 0 Å². The second-order valence-corrected chi connectivity index (χ2v) is 8.78. The third kappa shape index (κ3) is 5.22. The molecule has 1 aliphatic rings. The van der Waals surface area contributed by atoms with Gasteiger partial charge in [0, 0.05) is 17.8 Å². The molecule has 1 aliphatic heterocycles. The minimum Gasteiger partial charge on any atom is -0.490 e. The molecule has 0 bridgehead atoms. The van der Waals surface area contributed by atoms with Gasteiger partial charge in [0.1, 0.15) is 24.8 Å². The SMILES string of the molecule is CCOc1cc([C@H]2C(C(=O)NCc3ccccc3)=C(C)Nc3ncnn32)ccc1OCc1ccccc1F. The molecule has 0 spiro atoms. The Balaban J connectivity index is 1.46. The fourth-order valence-electron chi connectivity index (χ4n) is 4.42. The Kier molecular flexibility index (Phi) is 7.35. The van der Waals surface area contributed by atoms with E-state index in [0.29, 0.717) is 47.4 Å². The third-order valence-corrected chi connectivity index (χ3v) is 6.26. The largest absolute Gasteiger partial charge is 0.490 e. The van der Waals surface area contributed by atoms with Crippen molar-refractivity contribution in [1.29, 1.82) is 0 Å². The molecule has 2 heterocycles. The fraction of sp³-hybridized carbons (Fsp3) is 0.207. The first kappa shape index (κ1) is 25.0. The maximum absolute atomic E-state index is 14.1. The van der Waals surface area contributed by atoms with Crippen LogP contribution in [0.15, 0.2) is 90.4 Å². The van der Waals surface area contributed by atoms with Crippen molar-refractivity contribution < 1.29 is 18.7 Å². The van der Waals surface area contributed by atoms with Crippen LogP contribution in [0.1, 0.15) is 36.6 Å². The van der Waals surface area contributed by atoms with Crippen molar-refractivity contribution >= 4 is 11.9 Å². The summed E-state index contributed by atoms with van der Waals surface area (Å²) < 4.78 is 27.6. The van der Waals surface area contributed by atoms with Crippen LogP contribution in [0.5, 0.6) is 11.5 Å². The van der Waals surface area contributed by atoms with Crippen LogP contribution in [0.25, 0.3) is 0 Å². The zero-order valence-electron chi connectivity index (χ0n) is 21.1. The van der Waals surface area contributed by atoms with E-state index in [0.717, 1.165) is 11.1 Å². The number of carbonyl (C=O) groups is 1. The number of hydrogen-bond donors (Lipinski definition) is 2. The van der Waals surface area contributed by atoms with Gasteiger partial charge in [-0.1, -0.05) is 54.6 Å². The highest BCUT2D eigenvalue weighted by Crippen LogP contribution is 2.39. The summed E-state index contributed by atoms with van der Waals surface area (Å²) in [4.78, 5) is 17.8. The van der Waals surface area contributed by atoms with Crippen LogP contribution < -0.4 is 20.1 Å². The highest BCUT2D eigenvalue weighted by atomic mass is 19.1. The predicted octanol–water partition coefficient (Wildman–Crippen LogP) is 5.00. The van der Waals surface area contributed by atoms with Crippen molar-refractivity contribution in [2.45, 2.75) is 33.0 Å². The second kappa shape index (κ2) is 11.2. The van der Waals surface area contributed by atoms with Crippen LogP contribution in [0.2, 0.25) is 0 Å². The molecule has 1 atom stereocenters. The zero-order chi connectivity index (χ0) is 26.5. The summed E-state index contributed by atoms with van der Waals surface area (Å²) in [6.45, 7) is 4.57. The van der Waals surface area contributed by atoms with Crippen molar-refractivity contribution in [3.05, 3.63) is 113 Å². The molecular weight excluding hydrogens is 485 g/mol. The Morgan fingerprint density at radius 3 is 2.63 bits per heavy atom. The number of amides is 1. The quantitative estimate of drug-likeness (QED) is 0.327. The number of rotatable bonds is 9. The van der Waals surface area contributed by atoms with Crippen molar-refractivity contribution in [1.82, 2.24) is 20.1 Å². The number of anilines is 1. The fourth-order valence-corrected chi connectivity index (χ4v) is 4.42. The number of benzene rings is 3. The number of fused-ring (bicyclic) bond motifs is 1. The first-order chi connectivity index (χ1) is 18.5. The summed E-state index contributed by atoms with van der Waals surface area (Å²) in [5, 5.41) is 10.6. The molecule has 0 fully saturated rings. The number of allylic oxidation sites excluding steroid dienone is 1. The molecule has 0 radical (unpaired) electrons. The Bertz CT molecular complexity index is 1470. The molecule has 8 nitrogen and oxygen atoms in total. The first-order valence-electron chi connectivity index (χ1n) is 12.4. The van der Waals surface area contributed by atoms with Crippen LogP contribution >= 0.6 is 0 Å². The molecular formula is C29H28FN5O3. The Morgan fingerprint density at radius 2 is 1.84 bits per heavy atom. The average molecular weight is 514 g/mol. The number of nitrogens with one attached hydrogen (secondary N) is 2. The molecule has 5 rings (SSSR count). The van der Waals surface area contributed by atoms with E-state index in [9.17, 15) is 9.18 Å².